The summed E-state index contributed by atoms with van der Waals surface area (Å²) in [6, 6.07) is -0.421. The number of likely N-dealkylation sites (tertiary alicyclic amines) is 1. The average Bonchev–Trinajstić information content (AvgIpc) is 2.89. The van der Waals surface area contributed by atoms with Crippen molar-refractivity contribution in [2.45, 2.75) is 26.3 Å². The molecule has 3 aliphatic rings. The van der Waals surface area contributed by atoms with Crippen LogP contribution in [0.5, 0.6) is 0 Å². The third kappa shape index (κ3) is 1.18. The smallest absolute Gasteiger partial charge is 0.311 e. The largest absolute Gasteiger partial charge is 0.329 e. The number of carbonyl (C=O) groups is 3. The Morgan fingerprint density at radius 1 is 1.41 bits per heavy atom. The number of imide groups is 1. The lowest BCUT2D eigenvalue weighted by Crippen LogP contribution is -2.43. The number of nitrogens with one attached hydrogen (secondary N) is 1. The van der Waals surface area contributed by atoms with Crippen molar-refractivity contribution in [1.29, 1.82) is 0 Å². The van der Waals surface area contributed by atoms with Crippen molar-refractivity contribution in [3.05, 3.63) is 11.4 Å². The molecule has 3 heterocycles. The number of nitrogens with zero attached hydrogens (tertiary/aromatic N) is 2. The molecule has 2 bridgehead atoms. The van der Waals surface area contributed by atoms with Crippen molar-refractivity contribution in [3.8, 4) is 0 Å². The SMILES string of the molecule is CC(C)C(=O)N1CC2CC1=C1C(=O)NC(=O)N12. The number of hydrogen-bond donors (Lipinski definition) is 1. The second-order valence-corrected chi connectivity index (χ2v) is 4.89. The number of carbonyl (C=O) groups excluding carboxylic acids is 3. The second kappa shape index (κ2) is 3.09. The van der Waals surface area contributed by atoms with Crippen LogP contribution < -0.4 is 5.32 Å². The lowest BCUT2D eigenvalue weighted by atomic mass is 10.2. The van der Waals surface area contributed by atoms with Crippen molar-refractivity contribution in [1.82, 2.24) is 15.1 Å². The summed E-state index contributed by atoms with van der Waals surface area (Å²) in [6.45, 7) is 4.17. The molecule has 6 heteroatoms. The van der Waals surface area contributed by atoms with Gasteiger partial charge in [0.25, 0.3) is 5.91 Å². The molecular formula is C11H13N3O3. The molecule has 0 aromatic carbocycles. The molecule has 1 unspecified atom stereocenters. The molecule has 6 nitrogen and oxygen atoms in total. The van der Waals surface area contributed by atoms with Crippen LogP contribution in [0.2, 0.25) is 0 Å². The Morgan fingerprint density at radius 3 is 2.76 bits per heavy atom. The van der Waals surface area contributed by atoms with Gasteiger partial charge < -0.3 is 4.90 Å². The highest BCUT2D eigenvalue weighted by Crippen LogP contribution is 2.40. The van der Waals surface area contributed by atoms with E-state index in [-0.39, 0.29) is 29.8 Å². The van der Waals surface area contributed by atoms with E-state index in [0.717, 1.165) is 0 Å². The number of hydrogen-bond acceptors (Lipinski definition) is 3. The van der Waals surface area contributed by atoms with Gasteiger partial charge in [-0.25, -0.2) is 4.79 Å². The molecule has 3 rings (SSSR count). The van der Waals surface area contributed by atoms with Gasteiger partial charge in [0.1, 0.15) is 5.70 Å². The zero-order chi connectivity index (χ0) is 12.3. The molecule has 3 aliphatic heterocycles. The van der Waals surface area contributed by atoms with Crippen molar-refractivity contribution < 1.29 is 14.4 Å². The molecule has 1 atom stereocenters. The normalized spacial score (nSPS) is 26.2. The van der Waals surface area contributed by atoms with Gasteiger partial charge in [0.2, 0.25) is 5.91 Å². The van der Waals surface area contributed by atoms with Crippen LogP contribution in [0.4, 0.5) is 4.79 Å². The quantitative estimate of drug-likeness (QED) is 0.651. The van der Waals surface area contributed by atoms with Crippen LogP contribution in [-0.2, 0) is 9.59 Å². The lowest BCUT2D eigenvalue weighted by molar-refractivity contribution is -0.132. The molecule has 1 N–H and O–H groups in total. The first-order valence-electron chi connectivity index (χ1n) is 5.69. The van der Waals surface area contributed by atoms with Gasteiger partial charge in [-0.2, -0.15) is 0 Å². The van der Waals surface area contributed by atoms with Crippen LogP contribution in [0.25, 0.3) is 0 Å². The number of fused-ring (bicyclic) bond motifs is 4. The minimum atomic E-state index is -0.381. The fraction of sp³-hybridized carbons (Fsp3) is 0.545. The minimum Gasteiger partial charge on any atom is -0.311 e. The molecule has 0 spiro atoms. The predicted molar refractivity (Wildman–Crippen MR) is 57.4 cm³/mol. The number of urea groups is 1. The maximum Gasteiger partial charge on any atom is 0.329 e. The van der Waals surface area contributed by atoms with Gasteiger partial charge in [-0.15, -0.1) is 0 Å². The first-order valence-corrected chi connectivity index (χ1v) is 5.69. The van der Waals surface area contributed by atoms with E-state index in [0.29, 0.717) is 24.4 Å². The predicted octanol–water partition coefficient (Wildman–Crippen LogP) is 0.0203. The van der Waals surface area contributed by atoms with E-state index in [9.17, 15) is 14.4 Å². The van der Waals surface area contributed by atoms with Gasteiger partial charge in [0.05, 0.1) is 11.7 Å². The molecule has 90 valence electrons. The van der Waals surface area contributed by atoms with Crippen LogP contribution in [0.1, 0.15) is 20.3 Å². The number of amides is 4. The molecule has 2 fully saturated rings. The Kier molecular flexibility index (Phi) is 1.87. The summed E-state index contributed by atoms with van der Waals surface area (Å²) in [6.07, 6.45) is 0.618. The maximum absolute atomic E-state index is 12.0. The molecule has 0 radical (unpaired) electrons. The average molecular weight is 235 g/mol. The Hall–Kier alpha value is -1.85. The van der Waals surface area contributed by atoms with E-state index in [1.807, 2.05) is 13.8 Å². The van der Waals surface area contributed by atoms with Gasteiger partial charge in [0, 0.05) is 18.9 Å². The zero-order valence-electron chi connectivity index (χ0n) is 9.69. The summed E-state index contributed by atoms with van der Waals surface area (Å²) in [5.74, 6) is -0.466. The van der Waals surface area contributed by atoms with Crippen LogP contribution in [0.15, 0.2) is 11.4 Å². The van der Waals surface area contributed by atoms with E-state index >= 15 is 0 Å². The minimum absolute atomic E-state index is 0.0156. The van der Waals surface area contributed by atoms with Gasteiger partial charge in [-0.1, -0.05) is 13.8 Å². The fourth-order valence-electron chi connectivity index (χ4n) is 2.70. The highest BCUT2D eigenvalue weighted by Gasteiger charge is 2.52. The van der Waals surface area contributed by atoms with Crippen LogP contribution in [-0.4, -0.2) is 40.2 Å². The van der Waals surface area contributed by atoms with E-state index in [1.165, 1.54) is 4.90 Å². The number of rotatable bonds is 1. The highest BCUT2D eigenvalue weighted by molar-refractivity contribution is 6.13. The van der Waals surface area contributed by atoms with Gasteiger partial charge in [-0.05, 0) is 0 Å². The van der Waals surface area contributed by atoms with Crippen LogP contribution >= 0.6 is 0 Å². The van der Waals surface area contributed by atoms with E-state index in [4.69, 9.17) is 0 Å². The van der Waals surface area contributed by atoms with Crippen LogP contribution in [0.3, 0.4) is 0 Å². The second-order valence-electron chi connectivity index (χ2n) is 4.89. The molecule has 2 saturated heterocycles. The summed E-state index contributed by atoms with van der Waals surface area (Å²) < 4.78 is 0. The Balaban J connectivity index is 2.01. The van der Waals surface area contributed by atoms with Gasteiger partial charge >= 0.3 is 6.03 Å². The van der Waals surface area contributed by atoms with Gasteiger partial charge in [0.15, 0.2) is 0 Å². The third-order valence-corrected chi connectivity index (χ3v) is 3.44. The van der Waals surface area contributed by atoms with E-state index in [1.54, 1.807) is 4.90 Å². The summed E-state index contributed by atoms with van der Waals surface area (Å²) in [5.41, 5.74) is 1.08. The van der Waals surface area contributed by atoms with E-state index < -0.39 is 0 Å². The highest BCUT2D eigenvalue weighted by atomic mass is 16.2. The lowest BCUT2D eigenvalue weighted by Gasteiger charge is -2.28. The summed E-state index contributed by atoms with van der Waals surface area (Å²) in [4.78, 5) is 38.3. The fourth-order valence-corrected chi connectivity index (χ4v) is 2.70. The van der Waals surface area contributed by atoms with Crippen molar-refractivity contribution in [2.24, 2.45) is 5.92 Å². The zero-order valence-corrected chi connectivity index (χ0v) is 9.69. The molecule has 17 heavy (non-hydrogen) atoms. The summed E-state index contributed by atoms with van der Waals surface area (Å²) in [5, 5.41) is 2.26. The summed E-state index contributed by atoms with van der Waals surface area (Å²) in [7, 11) is 0. The third-order valence-electron chi connectivity index (χ3n) is 3.44. The topological polar surface area (TPSA) is 69.7 Å². The van der Waals surface area contributed by atoms with Crippen molar-refractivity contribution in [3.63, 3.8) is 0 Å². The molecule has 0 aliphatic carbocycles. The van der Waals surface area contributed by atoms with Crippen molar-refractivity contribution >= 4 is 17.8 Å². The molecule has 0 aromatic heterocycles. The van der Waals surface area contributed by atoms with E-state index in [2.05, 4.69) is 5.32 Å². The molecular weight excluding hydrogens is 222 g/mol. The van der Waals surface area contributed by atoms with Gasteiger partial charge in [-0.3, -0.25) is 19.8 Å². The first-order chi connectivity index (χ1) is 8.00. The Bertz CT molecular complexity index is 480. The Labute approximate surface area is 98.2 Å². The Morgan fingerprint density at radius 2 is 2.12 bits per heavy atom. The molecule has 4 amide bonds. The summed E-state index contributed by atoms with van der Waals surface area (Å²) >= 11 is 0. The van der Waals surface area contributed by atoms with Crippen molar-refractivity contribution in [2.75, 3.05) is 6.54 Å². The monoisotopic (exact) mass is 235 g/mol. The standard InChI is InChI=1S/C11H13N3O3/c1-5(2)10(16)13-4-6-3-7(13)8-9(15)12-11(17)14(6)8/h5-6H,3-4H2,1-2H3,(H,12,15,17). The molecule has 0 saturated carbocycles. The molecule has 0 aromatic rings. The first kappa shape index (κ1) is 10.3. The van der Waals surface area contributed by atoms with Crippen LogP contribution in [0, 0.1) is 5.92 Å². The maximum atomic E-state index is 12.0.